The standard InChI is InChI=1S/C26H29IO5/c1-25-13-10-18-17-7-5-16(14-15(17)4-6-19(18)20(25)8-9-21(25)28)27-22-23(29)31-26(32-24(22)30)11-2-3-12-26/h5,7,14,18-20H,2-4,6,8-13H2,1H3/t18-,19-,20+,25+/m1/s1. The third kappa shape index (κ3) is 3.15. The number of carbonyl (C=O) groups is 3. The third-order valence-corrected chi connectivity index (χ3v) is 11.6. The fourth-order valence-electron chi connectivity index (χ4n) is 7.22. The molecule has 32 heavy (non-hydrogen) atoms. The largest absolute Gasteiger partial charge is 0.418 e. The van der Waals surface area contributed by atoms with Gasteiger partial charge in [0.1, 0.15) is 5.78 Å². The van der Waals surface area contributed by atoms with E-state index in [1.807, 2.05) is 0 Å². The fraction of sp³-hybridized carbons (Fsp3) is 0.615. The van der Waals surface area contributed by atoms with Gasteiger partial charge in [-0.1, -0.05) is 33.7 Å². The minimum atomic E-state index is -0.997. The first-order valence-corrected chi connectivity index (χ1v) is 14.2. The van der Waals surface area contributed by atoms with E-state index in [1.54, 1.807) is 0 Å². The zero-order valence-electron chi connectivity index (χ0n) is 18.5. The van der Waals surface area contributed by atoms with Crippen molar-refractivity contribution >= 4 is 42.0 Å². The number of hydrogen-bond donors (Lipinski definition) is 0. The number of rotatable bonds is 1. The van der Waals surface area contributed by atoms with Crippen molar-refractivity contribution in [3.8, 4) is 0 Å². The number of ether oxygens (including phenoxy) is 2. The number of aryl methyl sites for hydroxylation is 1. The van der Waals surface area contributed by atoms with E-state index < -0.39 is 38.5 Å². The molecule has 3 saturated carbocycles. The van der Waals surface area contributed by atoms with E-state index in [1.165, 1.54) is 11.1 Å². The Morgan fingerprint density at radius 2 is 1.69 bits per heavy atom. The van der Waals surface area contributed by atoms with Crippen LogP contribution in [0.1, 0.15) is 81.8 Å². The van der Waals surface area contributed by atoms with Gasteiger partial charge in [0.15, 0.2) is 3.51 Å². The first kappa shape index (κ1) is 21.0. The van der Waals surface area contributed by atoms with Crippen LogP contribution in [-0.2, 0) is 30.3 Å². The van der Waals surface area contributed by atoms with Crippen molar-refractivity contribution in [1.82, 2.24) is 0 Å². The van der Waals surface area contributed by atoms with Crippen molar-refractivity contribution in [2.75, 3.05) is 0 Å². The van der Waals surface area contributed by atoms with Gasteiger partial charge in [0, 0.05) is 28.2 Å². The second-order valence-corrected chi connectivity index (χ2v) is 13.3. The van der Waals surface area contributed by atoms with Crippen molar-refractivity contribution in [3.63, 3.8) is 0 Å². The molecule has 1 spiro atoms. The highest BCUT2D eigenvalue weighted by Crippen LogP contribution is 2.59. The van der Waals surface area contributed by atoms with Gasteiger partial charge in [-0.2, -0.15) is 0 Å². The molecule has 4 atom stereocenters. The third-order valence-electron chi connectivity index (χ3n) is 8.88. The zero-order chi connectivity index (χ0) is 22.1. The molecule has 0 amide bonds. The van der Waals surface area contributed by atoms with E-state index in [9.17, 15) is 14.4 Å². The van der Waals surface area contributed by atoms with Crippen molar-refractivity contribution in [1.29, 1.82) is 0 Å². The maximum absolute atomic E-state index is 12.6. The number of hydrogen-bond acceptors (Lipinski definition) is 5. The molecular weight excluding hydrogens is 519 g/mol. The summed E-state index contributed by atoms with van der Waals surface area (Å²) in [6, 6.07) is 6.56. The van der Waals surface area contributed by atoms with Gasteiger partial charge in [-0.05, 0) is 86.0 Å². The molecule has 0 bridgehead atoms. The van der Waals surface area contributed by atoms with E-state index >= 15 is 0 Å². The zero-order valence-corrected chi connectivity index (χ0v) is 20.6. The van der Waals surface area contributed by atoms with Crippen LogP contribution in [0.4, 0.5) is 0 Å². The van der Waals surface area contributed by atoms with Gasteiger partial charge in [-0.3, -0.25) is 4.79 Å². The van der Waals surface area contributed by atoms with E-state index in [-0.39, 0.29) is 8.92 Å². The van der Waals surface area contributed by atoms with Crippen molar-refractivity contribution in [2.24, 2.45) is 17.3 Å². The van der Waals surface area contributed by atoms with Crippen LogP contribution in [0.15, 0.2) is 18.2 Å². The molecule has 6 rings (SSSR count). The Bertz CT molecular complexity index is 1030. The molecule has 1 heterocycles. The molecule has 5 aliphatic rings. The van der Waals surface area contributed by atoms with Gasteiger partial charge in [-0.15, -0.1) is 0 Å². The summed E-state index contributed by atoms with van der Waals surface area (Å²) in [4.78, 5) is 37.8. The van der Waals surface area contributed by atoms with Crippen LogP contribution in [0.5, 0.6) is 0 Å². The Hall–Kier alpha value is -1.57. The number of esters is 2. The van der Waals surface area contributed by atoms with E-state index in [0.29, 0.717) is 36.4 Å². The molecule has 5 nitrogen and oxygen atoms in total. The summed E-state index contributed by atoms with van der Waals surface area (Å²) < 4.78 is 12.5. The minimum absolute atomic E-state index is 0.0981. The number of halogens is 1. The molecule has 1 aromatic rings. The van der Waals surface area contributed by atoms with Crippen LogP contribution >= 0.6 is 20.7 Å². The lowest BCUT2D eigenvalue weighted by molar-refractivity contribution is -0.224. The van der Waals surface area contributed by atoms with Gasteiger partial charge >= 0.3 is 11.9 Å². The molecular formula is C26H29IO5. The Kier molecular flexibility index (Phi) is 4.90. The quantitative estimate of drug-likeness (QED) is 0.373. The van der Waals surface area contributed by atoms with Gasteiger partial charge in [-0.25, -0.2) is 9.59 Å². The Labute approximate surface area is 198 Å². The summed E-state index contributed by atoms with van der Waals surface area (Å²) in [5.74, 6) is 0.220. The molecule has 0 aromatic heterocycles. The van der Waals surface area contributed by atoms with Crippen LogP contribution < -0.4 is 0 Å². The number of ketones is 1. The normalized spacial score (nSPS) is 35.2. The lowest BCUT2D eigenvalue weighted by Crippen LogP contribution is -2.48. The number of carbonyl (C=O) groups excluding carboxylic acids is 3. The first-order valence-electron chi connectivity index (χ1n) is 12.0. The second kappa shape index (κ2) is 7.47. The van der Waals surface area contributed by atoms with Crippen LogP contribution in [0.25, 0.3) is 0 Å². The molecule has 170 valence electrons. The average Bonchev–Trinajstić information content (AvgIpc) is 3.34. The van der Waals surface area contributed by atoms with Crippen molar-refractivity contribution < 1.29 is 23.9 Å². The summed E-state index contributed by atoms with van der Waals surface area (Å²) in [6.45, 7) is 2.21. The Morgan fingerprint density at radius 3 is 2.44 bits per heavy atom. The smallest absolute Gasteiger partial charge is 0.354 e. The van der Waals surface area contributed by atoms with Gasteiger partial charge in [0.25, 0.3) is 5.79 Å². The molecule has 4 aliphatic carbocycles. The summed E-state index contributed by atoms with van der Waals surface area (Å²) in [7, 11) is 0. The predicted octanol–water partition coefficient (Wildman–Crippen LogP) is 4.79. The highest BCUT2D eigenvalue weighted by molar-refractivity contribution is 14.2. The van der Waals surface area contributed by atoms with Gasteiger partial charge in [0.2, 0.25) is 0 Å². The van der Waals surface area contributed by atoms with E-state index in [4.69, 9.17) is 9.47 Å². The second-order valence-electron chi connectivity index (χ2n) is 10.5. The predicted molar refractivity (Wildman–Crippen MR) is 127 cm³/mol. The minimum Gasteiger partial charge on any atom is -0.418 e. The first-order chi connectivity index (χ1) is 15.4. The van der Waals surface area contributed by atoms with Crippen molar-refractivity contribution in [3.05, 3.63) is 32.9 Å². The van der Waals surface area contributed by atoms with E-state index in [2.05, 4.69) is 25.1 Å². The SMILES string of the molecule is C[C@]12CC[C@@H]3c4ccc(I=C5C(=O)OC6(CCCC6)OC5=O)cc4CC[C@H]3[C@@H]1CCC2=O. The Balaban J connectivity index is 1.26. The number of Topliss-reactive ketones (excluding diaryl/α,β-unsaturated/α-hetero) is 1. The monoisotopic (exact) mass is 548 g/mol. The molecule has 0 unspecified atom stereocenters. The van der Waals surface area contributed by atoms with Gasteiger partial charge < -0.3 is 9.47 Å². The molecule has 6 heteroatoms. The van der Waals surface area contributed by atoms with Crippen LogP contribution in [0, 0.1) is 20.8 Å². The van der Waals surface area contributed by atoms with Crippen LogP contribution in [0.3, 0.4) is 0 Å². The molecule has 0 N–H and O–H groups in total. The molecule has 4 fully saturated rings. The summed E-state index contributed by atoms with van der Waals surface area (Å²) in [6.07, 6.45) is 9.13. The van der Waals surface area contributed by atoms with E-state index in [0.717, 1.165) is 54.9 Å². The number of fused-ring (bicyclic) bond motifs is 5. The maximum Gasteiger partial charge on any atom is 0.354 e. The molecule has 1 saturated heterocycles. The lowest BCUT2D eigenvalue weighted by atomic mass is 9.55. The highest BCUT2D eigenvalue weighted by atomic mass is 127. The molecule has 1 aromatic carbocycles. The number of benzene rings is 1. The van der Waals surface area contributed by atoms with Crippen LogP contribution in [-0.4, -0.2) is 27.0 Å². The Morgan fingerprint density at radius 1 is 0.938 bits per heavy atom. The summed E-state index contributed by atoms with van der Waals surface area (Å²) in [5, 5.41) is 0. The molecule has 1 aliphatic heterocycles. The summed E-state index contributed by atoms with van der Waals surface area (Å²) in [5.41, 5.74) is 2.69. The molecule has 0 radical (unpaired) electrons. The van der Waals surface area contributed by atoms with Gasteiger partial charge in [0.05, 0.1) is 0 Å². The topological polar surface area (TPSA) is 69.7 Å². The van der Waals surface area contributed by atoms with Crippen molar-refractivity contribution in [2.45, 2.75) is 82.8 Å². The van der Waals surface area contributed by atoms with Crippen LogP contribution in [0.2, 0.25) is 0 Å². The summed E-state index contributed by atoms with van der Waals surface area (Å²) >= 11 is -0.945. The average molecular weight is 548 g/mol. The maximum atomic E-state index is 12.6. The lowest BCUT2D eigenvalue weighted by Gasteiger charge is -2.48. The highest BCUT2D eigenvalue weighted by Gasteiger charge is 2.54. The fourth-order valence-corrected chi connectivity index (χ4v) is 9.39.